The maximum absolute atomic E-state index is 13.8. The normalized spacial score (nSPS) is 15.1. The molecule has 3 aromatic heterocycles. The number of benzene rings is 2. The van der Waals surface area contributed by atoms with Gasteiger partial charge in [0, 0.05) is 48.1 Å². The highest BCUT2D eigenvalue weighted by Crippen LogP contribution is 2.32. The number of anilines is 1. The minimum absolute atomic E-state index is 0.180. The predicted octanol–water partition coefficient (Wildman–Crippen LogP) is 3.49. The maximum Gasteiger partial charge on any atom is 0.266 e. The number of rotatable bonds is 5. The summed E-state index contributed by atoms with van der Waals surface area (Å²) in [5, 5.41) is 7.16. The Morgan fingerprint density at radius 1 is 1.11 bits per heavy atom. The van der Waals surface area contributed by atoms with Gasteiger partial charge in [-0.3, -0.25) is 19.6 Å². The second kappa shape index (κ2) is 9.04. The van der Waals surface area contributed by atoms with Crippen molar-refractivity contribution in [3.8, 4) is 0 Å². The van der Waals surface area contributed by atoms with Crippen LogP contribution >= 0.6 is 11.3 Å². The quantitative estimate of drug-likeness (QED) is 0.342. The zero-order valence-electron chi connectivity index (χ0n) is 19.5. The molecule has 6 rings (SSSR count). The lowest BCUT2D eigenvalue weighted by Gasteiger charge is -2.34. The molecule has 2 aromatic carbocycles. The van der Waals surface area contributed by atoms with Gasteiger partial charge in [0.15, 0.2) is 0 Å². The summed E-state index contributed by atoms with van der Waals surface area (Å²) in [4.78, 5) is 45.4. The van der Waals surface area contributed by atoms with Crippen molar-refractivity contribution in [3.63, 3.8) is 0 Å². The molecule has 9 nitrogen and oxygen atoms in total. The molecule has 0 spiro atoms. The van der Waals surface area contributed by atoms with Crippen LogP contribution in [0.1, 0.15) is 26.6 Å². The van der Waals surface area contributed by atoms with E-state index >= 15 is 0 Å². The van der Waals surface area contributed by atoms with Gasteiger partial charge in [0.25, 0.3) is 5.91 Å². The van der Waals surface area contributed by atoms with Gasteiger partial charge in [0.2, 0.25) is 5.91 Å². The average molecular weight is 498 g/mol. The van der Waals surface area contributed by atoms with Gasteiger partial charge < -0.3 is 20.5 Å². The number of aromatic amines is 1. The molecule has 2 amide bonds. The van der Waals surface area contributed by atoms with E-state index in [0.717, 1.165) is 38.9 Å². The van der Waals surface area contributed by atoms with Gasteiger partial charge in [0.1, 0.15) is 10.9 Å². The average Bonchev–Trinajstić information content (AvgIpc) is 3.54. The first-order chi connectivity index (χ1) is 17.6. The fraction of sp³-hybridized carbons (Fsp3) is 0.192. The summed E-state index contributed by atoms with van der Waals surface area (Å²) >= 11 is 1.29. The summed E-state index contributed by atoms with van der Waals surface area (Å²) in [6.45, 7) is 0.696. The number of nitrogens with zero attached hydrogens (tertiary/aromatic N) is 4. The molecular formula is C26H23N7O2S. The van der Waals surface area contributed by atoms with E-state index in [9.17, 15) is 9.59 Å². The van der Waals surface area contributed by atoms with Crippen molar-refractivity contribution < 1.29 is 9.59 Å². The summed E-state index contributed by atoms with van der Waals surface area (Å²) in [6, 6.07) is 13.2. The van der Waals surface area contributed by atoms with Gasteiger partial charge in [-0.2, -0.15) is 0 Å². The number of hydrogen-bond donors (Lipinski definition) is 3. The second-order valence-electron chi connectivity index (χ2n) is 8.64. The van der Waals surface area contributed by atoms with E-state index in [1.807, 2.05) is 42.5 Å². The number of carbonyl (C=O) groups is 2. The molecule has 0 bridgehead atoms. The fourth-order valence-electron chi connectivity index (χ4n) is 4.78. The van der Waals surface area contributed by atoms with Crippen LogP contribution in [0.2, 0.25) is 0 Å². The molecular weight excluding hydrogens is 474 g/mol. The van der Waals surface area contributed by atoms with Crippen LogP contribution in [0.3, 0.4) is 0 Å². The molecule has 1 aliphatic rings. The van der Waals surface area contributed by atoms with Crippen LogP contribution in [0.4, 0.5) is 5.69 Å². The second-order valence-corrected chi connectivity index (χ2v) is 9.49. The first kappa shape index (κ1) is 22.2. The van der Waals surface area contributed by atoms with Gasteiger partial charge in [-0.25, -0.2) is 4.98 Å². The van der Waals surface area contributed by atoms with Crippen LogP contribution in [0.15, 0.2) is 60.4 Å². The summed E-state index contributed by atoms with van der Waals surface area (Å²) in [5.41, 5.74) is 7.83. The van der Waals surface area contributed by atoms with Gasteiger partial charge in [0.05, 0.1) is 35.3 Å². The van der Waals surface area contributed by atoms with Gasteiger partial charge in [-0.1, -0.05) is 18.2 Å². The smallest absolute Gasteiger partial charge is 0.266 e. The SMILES string of the molecule is CNC(=O)[C@H]1Cc2c([nH]c3ccccc23)CN1C(=O)c1scnc1CNc1ccc2nccnc2c1. The molecule has 10 heteroatoms. The molecule has 0 saturated carbocycles. The first-order valence-electron chi connectivity index (χ1n) is 11.6. The first-order valence-corrected chi connectivity index (χ1v) is 12.5. The Morgan fingerprint density at radius 2 is 1.94 bits per heavy atom. The molecule has 1 atom stereocenters. The van der Waals surface area contributed by atoms with E-state index in [4.69, 9.17) is 0 Å². The Hall–Kier alpha value is -4.31. The third-order valence-electron chi connectivity index (χ3n) is 6.58. The molecule has 0 saturated heterocycles. The number of nitrogens with one attached hydrogen (secondary N) is 3. The van der Waals surface area contributed by atoms with E-state index < -0.39 is 6.04 Å². The monoisotopic (exact) mass is 497 g/mol. The Morgan fingerprint density at radius 3 is 2.81 bits per heavy atom. The van der Waals surface area contributed by atoms with Crippen molar-refractivity contribution in [2.75, 3.05) is 12.4 Å². The lowest BCUT2D eigenvalue weighted by Crippen LogP contribution is -2.51. The molecule has 4 heterocycles. The summed E-state index contributed by atoms with van der Waals surface area (Å²) in [6.07, 6.45) is 3.77. The van der Waals surface area contributed by atoms with Crippen LogP contribution in [-0.2, 0) is 24.3 Å². The molecule has 3 N–H and O–H groups in total. The van der Waals surface area contributed by atoms with Crippen molar-refractivity contribution in [1.82, 2.24) is 30.2 Å². The number of para-hydroxylation sites is 1. The van der Waals surface area contributed by atoms with Gasteiger partial charge in [-0.05, 0) is 29.8 Å². The van der Waals surface area contributed by atoms with Crippen molar-refractivity contribution in [3.05, 3.63) is 82.2 Å². The number of H-pyrrole nitrogens is 1. The topological polar surface area (TPSA) is 116 Å². The van der Waals surface area contributed by atoms with Crippen molar-refractivity contribution in [2.45, 2.75) is 25.6 Å². The molecule has 0 unspecified atom stereocenters. The Labute approximate surface area is 210 Å². The van der Waals surface area contributed by atoms with Gasteiger partial charge in [-0.15, -0.1) is 11.3 Å². The maximum atomic E-state index is 13.8. The van der Waals surface area contributed by atoms with E-state index in [1.165, 1.54) is 11.3 Å². The zero-order valence-corrected chi connectivity index (χ0v) is 20.3. The van der Waals surface area contributed by atoms with Gasteiger partial charge >= 0.3 is 0 Å². The summed E-state index contributed by atoms with van der Waals surface area (Å²) in [5.74, 6) is -0.377. The van der Waals surface area contributed by atoms with Crippen LogP contribution in [0.5, 0.6) is 0 Å². The lowest BCUT2D eigenvalue weighted by molar-refractivity contribution is -0.125. The van der Waals surface area contributed by atoms with Crippen LogP contribution in [0, 0.1) is 0 Å². The van der Waals surface area contributed by atoms with Crippen molar-refractivity contribution in [1.29, 1.82) is 0 Å². The van der Waals surface area contributed by atoms with Crippen LogP contribution in [0.25, 0.3) is 21.9 Å². The Kier molecular flexibility index (Phi) is 5.57. The number of amides is 2. The Balaban J connectivity index is 1.27. The zero-order chi connectivity index (χ0) is 24.6. The molecule has 180 valence electrons. The number of thiazole rings is 1. The highest BCUT2D eigenvalue weighted by Gasteiger charge is 2.37. The molecule has 0 fully saturated rings. The third kappa shape index (κ3) is 3.85. The molecule has 0 radical (unpaired) electrons. The van der Waals surface area contributed by atoms with E-state index in [0.29, 0.717) is 30.1 Å². The number of carbonyl (C=O) groups excluding carboxylic acids is 2. The number of fused-ring (bicyclic) bond motifs is 4. The largest absolute Gasteiger partial charge is 0.379 e. The lowest BCUT2D eigenvalue weighted by atomic mass is 9.95. The van der Waals surface area contributed by atoms with Crippen LogP contribution < -0.4 is 10.6 Å². The highest BCUT2D eigenvalue weighted by atomic mass is 32.1. The highest BCUT2D eigenvalue weighted by molar-refractivity contribution is 7.11. The van der Waals surface area contributed by atoms with Crippen molar-refractivity contribution >= 4 is 50.8 Å². The standard InChI is InChI=1S/C26H23N7O2S/c1-27-25(34)23-11-17-16-4-2-3-5-18(16)32-22(17)13-33(23)26(35)24-21(31-14-36-24)12-30-15-6-7-19-20(10-15)29-9-8-28-19/h2-10,14,23,30,32H,11-13H2,1H3,(H,27,34)/t23-/m1/s1. The summed E-state index contributed by atoms with van der Waals surface area (Å²) in [7, 11) is 1.60. The predicted molar refractivity (Wildman–Crippen MR) is 139 cm³/mol. The molecule has 1 aliphatic heterocycles. The van der Waals surface area contributed by atoms with Crippen LogP contribution in [-0.4, -0.2) is 49.7 Å². The molecule has 0 aliphatic carbocycles. The number of aromatic nitrogens is 4. The van der Waals surface area contributed by atoms with E-state index in [2.05, 4.69) is 30.6 Å². The van der Waals surface area contributed by atoms with Crippen molar-refractivity contribution in [2.24, 2.45) is 0 Å². The minimum atomic E-state index is -0.601. The van der Waals surface area contributed by atoms with E-state index in [1.54, 1.807) is 29.9 Å². The van der Waals surface area contributed by atoms with E-state index in [-0.39, 0.29) is 11.8 Å². The number of hydrogen-bond acceptors (Lipinski definition) is 7. The molecule has 36 heavy (non-hydrogen) atoms. The minimum Gasteiger partial charge on any atom is -0.379 e. The third-order valence-corrected chi connectivity index (χ3v) is 7.44. The molecule has 5 aromatic rings. The number of likely N-dealkylation sites (N-methyl/N-ethyl adjacent to an activating group) is 1. The summed E-state index contributed by atoms with van der Waals surface area (Å²) < 4.78 is 0. The Bertz CT molecular complexity index is 1610. The fourth-order valence-corrected chi connectivity index (χ4v) is 5.55.